The fraction of sp³-hybridized carbons (Fsp3) is 0.467. The lowest BCUT2D eigenvalue weighted by Gasteiger charge is -2.24. The fourth-order valence-electron chi connectivity index (χ4n) is 2.23. The molecule has 0 aliphatic carbocycles. The lowest BCUT2D eigenvalue weighted by Crippen LogP contribution is -3.00. The van der Waals surface area contributed by atoms with Gasteiger partial charge >= 0.3 is 0 Å². The van der Waals surface area contributed by atoms with E-state index in [9.17, 15) is 4.79 Å². The number of nitrogens with zero attached hydrogens (tertiary/aromatic N) is 3. The van der Waals surface area contributed by atoms with Crippen LogP contribution in [0.4, 0.5) is 0 Å². The van der Waals surface area contributed by atoms with Crippen LogP contribution in [-0.4, -0.2) is 48.0 Å². The van der Waals surface area contributed by atoms with Gasteiger partial charge in [-0.15, -0.1) is 0 Å². The average molecular weight is 454 g/mol. The van der Waals surface area contributed by atoms with Crippen molar-refractivity contribution in [3.63, 3.8) is 0 Å². The van der Waals surface area contributed by atoms with Crippen LogP contribution in [-0.2, 0) is 6.54 Å². The highest BCUT2D eigenvalue weighted by atomic mass is 127. The van der Waals surface area contributed by atoms with Crippen molar-refractivity contribution in [1.29, 1.82) is 0 Å². The van der Waals surface area contributed by atoms with Gasteiger partial charge in [-0.2, -0.15) is 0 Å². The highest BCUT2D eigenvalue weighted by molar-refractivity contribution is 7.98. The van der Waals surface area contributed by atoms with E-state index in [-0.39, 0.29) is 29.5 Å². The van der Waals surface area contributed by atoms with E-state index in [0.29, 0.717) is 22.5 Å². The van der Waals surface area contributed by atoms with E-state index in [0.717, 1.165) is 22.6 Å². The Morgan fingerprint density at radius 3 is 2.59 bits per heavy atom. The predicted octanol–water partition coefficient (Wildman–Crippen LogP) is -0.128. The molecule has 0 aliphatic heterocycles. The molecule has 2 aromatic rings. The van der Waals surface area contributed by atoms with E-state index in [1.54, 1.807) is 22.8 Å². The number of halogens is 2. The van der Waals surface area contributed by atoms with Crippen molar-refractivity contribution in [2.24, 2.45) is 0 Å². The van der Waals surface area contributed by atoms with Crippen LogP contribution in [0.3, 0.4) is 0 Å². The Bertz CT molecular complexity index is 712. The highest BCUT2D eigenvalue weighted by Gasteiger charge is 2.12. The zero-order valence-electron chi connectivity index (χ0n) is 13.3. The van der Waals surface area contributed by atoms with Gasteiger partial charge in [0.25, 0.3) is 5.56 Å². The van der Waals surface area contributed by atoms with E-state index in [1.807, 2.05) is 6.26 Å². The number of benzene rings is 1. The molecule has 0 amide bonds. The summed E-state index contributed by atoms with van der Waals surface area (Å²) < 4.78 is 2.65. The van der Waals surface area contributed by atoms with Gasteiger partial charge in [-0.05, 0) is 24.5 Å². The normalized spacial score (nSPS) is 11.5. The number of rotatable bonds is 5. The summed E-state index contributed by atoms with van der Waals surface area (Å²) in [5.74, 6) is 0. The molecular formula is C15H21ClIN3OS. The van der Waals surface area contributed by atoms with E-state index >= 15 is 0 Å². The monoisotopic (exact) mass is 453 g/mol. The molecule has 1 aromatic carbocycles. The van der Waals surface area contributed by atoms with Crippen molar-refractivity contribution in [2.75, 3.05) is 33.9 Å². The summed E-state index contributed by atoms with van der Waals surface area (Å²) in [6, 6.07) is 5.27. The molecule has 1 heterocycles. The molecule has 0 aliphatic rings. The van der Waals surface area contributed by atoms with Gasteiger partial charge in [0.15, 0.2) is 5.16 Å². The molecule has 0 unspecified atom stereocenters. The Morgan fingerprint density at radius 2 is 2.00 bits per heavy atom. The van der Waals surface area contributed by atoms with Crippen molar-refractivity contribution in [1.82, 2.24) is 9.55 Å². The molecule has 0 atom stereocenters. The second-order valence-corrected chi connectivity index (χ2v) is 7.29. The van der Waals surface area contributed by atoms with Gasteiger partial charge in [0, 0.05) is 18.0 Å². The average Bonchev–Trinajstić information content (AvgIpc) is 2.40. The van der Waals surface area contributed by atoms with Crippen molar-refractivity contribution >= 4 is 34.3 Å². The first-order valence-electron chi connectivity index (χ1n) is 6.86. The summed E-state index contributed by atoms with van der Waals surface area (Å²) in [6.45, 7) is 1.69. The lowest BCUT2D eigenvalue weighted by molar-refractivity contribution is -0.870. The van der Waals surface area contributed by atoms with Gasteiger partial charge in [0.05, 0.1) is 38.6 Å². The van der Waals surface area contributed by atoms with Crippen LogP contribution in [0.5, 0.6) is 0 Å². The zero-order chi connectivity index (χ0) is 15.6. The van der Waals surface area contributed by atoms with Crippen LogP contribution in [0.2, 0.25) is 5.02 Å². The van der Waals surface area contributed by atoms with Crippen molar-refractivity contribution in [3.05, 3.63) is 33.6 Å². The molecule has 7 heteroatoms. The highest BCUT2D eigenvalue weighted by Crippen LogP contribution is 2.19. The first-order chi connectivity index (χ1) is 9.81. The van der Waals surface area contributed by atoms with Crippen LogP contribution in [0.25, 0.3) is 10.9 Å². The van der Waals surface area contributed by atoms with Gasteiger partial charge in [0.1, 0.15) is 0 Å². The van der Waals surface area contributed by atoms with Crippen LogP contribution in [0.15, 0.2) is 28.2 Å². The SMILES string of the molecule is CSc1nc2ccc(Cl)cc2c(=O)n1CCC[N+](C)(C)C.[I-]. The van der Waals surface area contributed by atoms with Crippen LogP contribution in [0.1, 0.15) is 6.42 Å². The summed E-state index contributed by atoms with van der Waals surface area (Å²) in [6.07, 6.45) is 2.88. The molecule has 0 radical (unpaired) electrons. The second kappa shape index (κ2) is 7.99. The molecule has 0 N–H and O–H groups in total. The number of hydrogen-bond acceptors (Lipinski definition) is 3. The quantitative estimate of drug-likeness (QED) is 0.274. The second-order valence-electron chi connectivity index (χ2n) is 6.08. The predicted molar refractivity (Wildman–Crippen MR) is 90.3 cm³/mol. The standard InChI is InChI=1S/C15H21ClN3OS.HI/c1-19(2,3)9-5-8-18-14(20)12-10-11(16)6-7-13(12)17-15(18)21-4;/h6-7,10H,5,8-9H2,1-4H3;1H/q+1;/p-1. The molecule has 0 fully saturated rings. The van der Waals surface area contributed by atoms with Crippen LogP contribution >= 0.6 is 23.4 Å². The summed E-state index contributed by atoms with van der Waals surface area (Å²) in [7, 11) is 6.45. The third-order valence-corrected chi connectivity index (χ3v) is 4.19. The first-order valence-corrected chi connectivity index (χ1v) is 8.46. The molecule has 4 nitrogen and oxygen atoms in total. The van der Waals surface area contributed by atoms with Gasteiger partial charge in [0.2, 0.25) is 0 Å². The molecule has 2 rings (SSSR count). The number of aromatic nitrogens is 2. The molecule has 0 bridgehead atoms. The Balaban J connectivity index is 0.00000242. The number of fused-ring (bicyclic) bond motifs is 1. The molecule has 1 aromatic heterocycles. The minimum Gasteiger partial charge on any atom is -1.00 e. The minimum atomic E-state index is -0.00624. The Kier molecular flexibility index (Phi) is 7.17. The maximum absolute atomic E-state index is 12.7. The van der Waals surface area contributed by atoms with Crippen molar-refractivity contribution < 1.29 is 28.5 Å². The summed E-state index contributed by atoms with van der Waals surface area (Å²) in [4.78, 5) is 17.2. The Morgan fingerprint density at radius 1 is 1.32 bits per heavy atom. The van der Waals surface area contributed by atoms with E-state index in [4.69, 9.17) is 11.6 Å². The van der Waals surface area contributed by atoms with Crippen molar-refractivity contribution in [2.45, 2.75) is 18.1 Å². The van der Waals surface area contributed by atoms with E-state index in [2.05, 4.69) is 26.1 Å². The molecule has 0 spiro atoms. The minimum absolute atomic E-state index is 0. The third-order valence-electron chi connectivity index (χ3n) is 3.27. The lowest BCUT2D eigenvalue weighted by atomic mass is 10.2. The molecule has 122 valence electrons. The van der Waals surface area contributed by atoms with Crippen LogP contribution < -0.4 is 29.5 Å². The topological polar surface area (TPSA) is 34.9 Å². The molecule has 22 heavy (non-hydrogen) atoms. The Hall–Kier alpha value is -0.310. The van der Waals surface area contributed by atoms with E-state index < -0.39 is 0 Å². The molecular weight excluding hydrogens is 433 g/mol. The largest absolute Gasteiger partial charge is 1.00 e. The zero-order valence-corrected chi connectivity index (χ0v) is 17.0. The number of quaternary nitrogens is 1. The maximum Gasteiger partial charge on any atom is 0.262 e. The number of hydrogen-bond donors (Lipinski definition) is 0. The molecule has 0 saturated heterocycles. The maximum atomic E-state index is 12.7. The summed E-state index contributed by atoms with van der Waals surface area (Å²) >= 11 is 7.50. The van der Waals surface area contributed by atoms with Gasteiger partial charge < -0.3 is 28.5 Å². The van der Waals surface area contributed by atoms with Gasteiger partial charge in [-0.1, -0.05) is 23.4 Å². The van der Waals surface area contributed by atoms with Crippen molar-refractivity contribution in [3.8, 4) is 0 Å². The smallest absolute Gasteiger partial charge is 0.262 e. The fourth-order valence-corrected chi connectivity index (χ4v) is 2.99. The van der Waals surface area contributed by atoms with Gasteiger partial charge in [-0.3, -0.25) is 9.36 Å². The van der Waals surface area contributed by atoms with Gasteiger partial charge in [-0.25, -0.2) is 4.98 Å². The van der Waals surface area contributed by atoms with Crippen LogP contribution in [0, 0.1) is 0 Å². The first kappa shape index (κ1) is 19.7. The molecule has 0 saturated carbocycles. The third kappa shape index (κ3) is 4.84. The van der Waals surface area contributed by atoms with E-state index in [1.165, 1.54) is 11.8 Å². The number of thioether (sulfide) groups is 1. The summed E-state index contributed by atoms with van der Waals surface area (Å²) in [5.41, 5.74) is 0.699. The Labute approximate surface area is 157 Å². The summed E-state index contributed by atoms with van der Waals surface area (Å²) in [5, 5.41) is 1.91.